The van der Waals surface area contributed by atoms with Crippen molar-refractivity contribution in [3.8, 4) is 0 Å². The van der Waals surface area contributed by atoms with Gasteiger partial charge in [0, 0.05) is 31.0 Å². The highest BCUT2D eigenvalue weighted by molar-refractivity contribution is 5.05. The van der Waals surface area contributed by atoms with Crippen LogP contribution in [0.15, 0.2) is 12.3 Å². The zero-order chi connectivity index (χ0) is 12.7. The molecule has 1 aromatic heterocycles. The van der Waals surface area contributed by atoms with Crippen molar-refractivity contribution >= 4 is 0 Å². The molecular weight excluding hydrogens is 214 g/mol. The fourth-order valence-electron chi connectivity index (χ4n) is 1.67. The van der Waals surface area contributed by atoms with Crippen LogP contribution in [0.2, 0.25) is 0 Å². The summed E-state index contributed by atoms with van der Waals surface area (Å²) in [4.78, 5) is 8.82. The van der Waals surface area contributed by atoms with Crippen LogP contribution >= 0.6 is 0 Å². The van der Waals surface area contributed by atoms with Crippen molar-refractivity contribution in [2.75, 3.05) is 6.61 Å². The Morgan fingerprint density at radius 2 is 2.06 bits per heavy atom. The molecule has 0 radical (unpaired) electrons. The Morgan fingerprint density at radius 1 is 1.29 bits per heavy atom. The van der Waals surface area contributed by atoms with E-state index in [0.29, 0.717) is 6.61 Å². The Hall–Kier alpha value is -1.00. The fraction of sp³-hybridized carbons (Fsp3) is 0.692. The number of nitrogens with two attached hydrogens (primary N) is 1. The molecule has 0 saturated heterocycles. The lowest BCUT2D eigenvalue weighted by Crippen LogP contribution is -2.22. The largest absolute Gasteiger partial charge is 0.371 e. The summed E-state index contributed by atoms with van der Waals surface area (Å²) in [6.07, 6.45) is 4.44. The molecule has 0 aliphatic heterocycles. The molecule has 2 atom stereocenters. The first-order valence-electron chi connectivity index (χ1n) is 6.40. The van der Waals surface area contributed by atoms with Crippen LogP contribution in [0.1, 0.15) is 51.2 Å². The lowest BCUT2D eigenvalue weighted by atomic mass is 10.1. The van der Waals surface area contributed by atoms with Crippen LogP contribution in [-0.4, -0.2) is 22.6 Å². The van der Waals surface area contributed by atoms with E-state index < -0.39 is 0 Å². The SMILES string of the molecule is CCOC(CC)c1nccc(CC(N)CC)n1. The minimum atomic E-state index is -0.00204. The van der Waals surface area contributed by atoms with E-state index in [1.807, 2.05) is 13.0 Å². The first kappa shape index (κ1) is 14.1. The molecule has 1 aromatic rings. The molecule has 1 rings (SSSR count). The number of hydrogen-bond acceptors (Lipinski definition) is 4. The molecule has 17 heavy (non-hydrogen) atoms. The molecule has 2 unspecified atom stereocenters. The van der Waals surface area contributed by atoms with Crippen LogP contribution in [0.5, 0.6) is 0 Å². The summed E-state index contributed by atoms with van der Waals surface area (Å²) in [5.41, 5.74) is 6.93. The maximum atomic E-state index is 5.93. The minimum absolute atomic E-state index is 0.00204. The Bertz CT molecular complexity index is 330. The normalized spacial score (nSPS) is 14.6. The van der Waals surface area contributed by atoms with Gasteiger partial charge >= 0.3 is 0 Å². The second kappa shape index (κ2) is 7.35. The van der Waals surface area contributed by atoms with E-state index in [1.54, 1.807) is 6.20 Å². The summed E-state index contributed by atoms with van der Waals surface area (Å²) >= 11 is 0. The van der Waals surface area contributed by atoms with Crippen LogP contribution in [-0.2, 0) is 11.2 Å². The molecule has 4 nitrogen and oxygen atoms in total. The second-order valence-corrected chi connectivity index (χ2v) is 4.13. The molecule has 0 aliphatic carbocycles. The molecule has 96 valence electrons. The topological polar surface area (TPSA) is 61.0 Å². The molecule has 2 N–H and O–H groups in total. The predicted molar refractivity (Wildman–Crippen MR) is 68.7 cm³/mol. The zero-order valence-corrected chi connectivity index (χ0v) is 11.0. The summed E-state index contributed by atoms with van der Waals surface area (Å²) < 4.78 is 5.61. The molecule has 4 heteroatoms. The average Bonchev–Trinajstić information content (AvgIpc) is 2.36. The number of aromatic nitrogens is 2. The van der Waals surface area contributed by atoms with Crippen molar-refractivity contribution in [3.63, 3.8) is 0 Å². The minimum Gasteiger partial charge on any atom is -0.371 e. The van der Waals surface area contributed by atoms with E-state index >= 15 is 0 Å². The van der Waals surface area contributed by atoms with Gasteiger partial charge in [-0.3, -0.25) is 0 Å². The van der Waals surface area contributed by atoms with Crippen molar-refractivity contribution < 1.29 is 4.74 Å². The van der Waals surface area contributed by atoms with Crippen molar-refractivity contribution in [3.05, 3.63) is 23.8 Å². The first-order chi connectivity index (χ1) is 8.21. The van der Waals surface area contributed by atoms with E-state index in [0.717, 1.165) is 30.8 Å². The van der Waals surface area contributed by atoms with Crippen LogP contribution < -0.4 is 5.73 Å². The van der Waals surface area contributed by atoms with Gasteiger partial charge in [-0.1, -0.05) is 13.8 Å². The van der Waals surface area contributed by atoms with Gasteiger partial charge in [0.2, 0.25) is 0 Å². The van der Waals surface area contributed by atoms with Crippen LogP contribution in [0.4, 0.5) is 0 Å². The molecule has 0 aliphatic rings. The fourth-order valence-corrected chi connectivity index (χ4v) is 1.67. The van der Waals surface area contributed by atoms with Gasteiger partial charge in [0.1, 0.15) is 6.10 Å². The van der Waals surface area contributed by atoms with Crippen molar-refractivity contribution in [2.45, 2.75) is 52.2 Å². The number of rotatable bonds is 7. The maximum Gasteiger partial charge on any atom is 0.157 e. The highest BCUT2D eigenvalue weighted by Crippen LogP contribution is 2.17. The number of ether oxygens (including phenoxy) is 1. The second-order valence-electron chi connectivity index (χ2n) is 4.13. The molecule has 1 heterocycles. The highest BCUT2D eigenvalue weighted by atomic mass is 16.5. The summed E-state index contributed by atoms with van der Waals surface area (Å²) in [5.74, 6) is 0.773. The van der Waals surface area contributed by atoms with Crippen molar-refractivity contribution in [1.82, 2.24) is 9.97 Å². The van der Waals surface area contributed by atoms with Gasteiger partial charge in [0.15, 0.2) is 5.82 Å². The molecule has 0 spiro atoms. The third-order valence-corrected chi connectivity index (χ3v) is 2.75. The third-order valence-electron chi connectivity index (χ3n) is 2.75. The van der Waals surface area contributed by atoms with E-state index in [2.05, 4.69) is 23.8 Å². The average molecular weight is 237 g/mol. The quantitative estimate of drug-likeness (QED) is 0.790. The summed E-state index contributed by atoms with van der Waals surface area (Å²) in [6.45, 7) is 6.83. The van der Waals surface area contributed by atoms with Gasteiger partial charge in [0.25, 0.3) is 0 Å². The van der Waals surface area contributed by atoms with Crippen LogP contribution in [0, 0.1) is 0 Å². The van der Waals surface area contributed by atoms with E-state index in [1.165, 1.54) is 0 Å². The van der Waals surface area contributed by atoms with E-state index in [4.69, 9.17) is 10.5 Å². The monoisotopic (exact) mass is 237 g/mol. The van der Waals surface area contributed by atoms with Crippen molar-refractivity contribution in [1.29, 1.82) is 0 Å². The van der Waals surface area contributed by atoms with E-state index in [-0.39, 0.29) is 12.1 Å². The highest BCUT2D eigenvalue weighted by Gasteiger charge is 2.13. The maximum absolute atomic E-state index is 5.93. The third kappa shape index (κ3) is 4.40. The lowest BCUT2D eigenvalue weighted by Gasteiger charge is -2.15. The first-order valence-corrected chi connectivity index (χ1v) is 6.40. The predicted octanol–water partition coefficient (Wildman–Crippen LogP) is 2.24. The van der Waals surface area contributed by atoms with Gasteiger partial charge < -0.3 is 10.5 Å². The van der Waals surface area contributed by atoms with E-state index in [9.17, 15) is 0 Å². The van der Waals surface area contributed by atoms with Gasteiger partial charge in [0.05, 0.1) is 0 Å². The van der Waals surface area contributed by atoms with Gasteiger partial charge in [-0.25, -0.2) is 9.97 Å². The molecule has 0 bridgehead atoms. The Balaban J connectivity index is 2.76. The number of nitrogens with zero attached hydrogens (tertiary/aromatic N) is 2. The molecule has 0 fully saturated rings. The summed E-state index contributed by atoms with van der Waals surface area (Å²) in [7, 11) is 0. The molecular formula is C13H23N3O. The van der Waals surface area contributed by atoms with Crippen LogP contribution in [0.3, 0.4) is 0 Å². The van der Waals surface area contributed by atoms with Gasteiger partial charge in [-0.15, -0.1) is 0 Å². The van der Waals surface area contributed by atoms with Crippen molar-refractivity contribution in [2.24, 2.45) is 5.73 Å². The van der Waals surface area contributed by atoms with Gasteiger partial charge in [-0.05, 0) is 25.8 Å². The van der Waals surface area contributed by atoms with Crippen LogP contribution in [0.25, 0.3) is 0 Å². The molecule has 0 amide bonds. The Kier molecular flexibility index (Phi) is 6.08. The smallest absolute Gasteiger partial charge is 0.157 e. The number of hydrogen-bond donors (Lipinski definition) is 1. The lowest BCUT2D eigenvalue weighted by molar-refractivity contribution is 0.0533. The molecule has 0 saturated carbocycles. The standard InChI is InChI=1S/C13H23N3O/c1-4-10(14)9-11-7-8-15-13(16-11)12(5-2)17-6-3/h7-8,10,12H,4-6,9,14H2,1-3H3. The van der Waals surface area contributed by atoms with Gasteiger partial charge in [-0.2, -0.15) is 0 Å². The molecule has 0 aromatic carbocycles. The zero-order valence-electron chi connectivity index (χ0n) is 11.0. The Morgan fingerprint density at radius 3 is 2.65 bits per heavy atom. The summed E-state index contributed by atoms with van der Waals surface area (Å²) in [5, 5.41) is 0. The summed E-state index contributed by atoms with van der Waals surface area (Å²) in [6, 6.07) is 2.10. The Labute approximate surface area is 104 Å².